The number of pyridine rings is 1. The average molecular weight is 249 g/mol. The first-order valence-corrected chi connectivity index (χ1v) is 6.15. The maximum atomic E-state index is 5.84. The lowest BCUT2D eigenvalue weighted by Gasteiger charge is -2.06. The van der Waals surface area contributed by atoms with Crippen molar-refractivity contribution in [3.63, 3.8) is 0 Å². The highest BCUT2D eigenvalue weighted by atomic mass is 32.2. The molecule has 0 aliphatic carbocycles. The lowest BCUT2D eigenvalue weighted by atomic mass is 10.1. The summed E-state index contributed by atoms with van der Waals surface area (Å²) < 4.78 is 1.94. The Hall–Kier alpha value is -1.40. The molecule has 17 heavy (non-hydrogen) atoms. The molecule has 0 radical (unpaired) electrons. The van der Waals surface area contributed by atoms with Crippen LogP contribution in [0.1, 0.15) is 24.4 Å². The minimum Gasteiger partial charge on any atom is -0.324 e. The van der Waals surface area contributed by atoms with E-state index in [-0.39, 0.29) is 6.04 Å². The summed E-state index contributed by atoms with van der Waals surface area (Å²) in [6, 6.07) is 3.93. The van der Waals surface area contributed by atoms with Crippen molar-refractivity contribution < 1.29 is 0 Å². The molecule has 0 bridgehead atoms. The van der Waals surface area contributed by atoms with Crippen LogP contribution in [0.2, 0.25) is 0 Å². The Labute approximate surface area is 104 Å². The van der Waals surface area contributed by atoms with Crippen molar-refractivity contribution in [2.24, 2.45) is 12.8 Å². The molecular weight excluding hydrogens is 234 g/mol. The SMILES string of the molecule is Cc1nnc(Sc2cc([C@H](C)N)ccn2)n1C. The predicted molar refractivity (Wildman–Crippen MR) is 66.7 cm³/mol. The third-order valence-electron chi connectivity index (χ3n) is 2.53. The maximum absolute atomic E-state index is 5.84. The molecule has 2 N–H and O–H groups in total. The molecule has 2 aromatic rings. The third-order valence-corrected chi connectivity index (χ3v) is 3.50. The summed E-state index contributed by atoms with van der Waals surface area (Å²) in [7, 11) is 1.94. The molecule has 5 nitrogen and oxygen atoms in total. The first kappa shape index (κ1) is 12.1. The Morgan fingerprint density at radius 3 is 2.76 bits per heavy atom. The van der Waals surface area contributed by atoms with Gasteiger partial charge < -0.3 is 10.3 Å². The van der Waals surface area contributed by atoms with Crippen LogP contribution >= 0.6 is 11.8 Å². The van der Waals surface area contributed by atoms with Crippen LogP contribution in [-0.2, 0) is 7.05 Å². The Balaban J connectivity index is 2.24. The molecule has 6 heteroatoms. The van der Waals surface area contributed by atoms with Crippen LogP contribution in [0.15, 0.2) is 28.5 Å². The highest BCUT2D eigenvalue weighted by Crippen LogP contribution is 2.25. The molecule has 2 heterocycles. The Morgan fingerprint density at radius 2 is 2.18 bits per heavy atom. The van der Waals surface area contributed by atoms with Gasteiger partial charge in [-0.2, -0.15) is 0 Å². The zero-order valence-corrected chi connectivity index (χ0v) is 10.9. The van der Waals surface area contributed by atoms with Gasteiger partial charge >= 0.3 is 0 Å². The number of aryl methyl sites for hydroxylation is 1. The standard InChI is InChI=1S/C11H15N5S/c1-7(12)9-4-5-13-10(6-9)17-11-15-14-8(2)16(11)3/h4-7H,12H2,1-3H3/t7-/m0/s1. The lowest BCUT2D eigenvalue weighted by Crippen LogP contribution is -2.05. The van der Waals surface area contributed by atoms with Crippen LogP contribution in [0.3, 0.4) is 0 Å². The van der Waals surface area contributed by atoms with E-state index in [0.29, 0.717) is 0 Å². The predicted octanol–water partition coefficient (Wildman–Crippen LogP) is 1.69. The third kappa shape index (κ3) is 2.65. The van der Waals surface area contributed by atoms with E-state index < -0.39 is 0 Å². The van der Waals surface area contributed by atoms with Crippen molar-refractivity contribution in [3.05, 3.63) is 29.7 Å². The number of nitrogens with zero attached hydrogens (tertiary/aromatic N) is 4. The van der Waals surface area contributed by atoms with Gasteiger partial charge in [-0.05, 0) is 43.3 Å². The first-order chi connectivity index (χ1) is 8.08. The van der Waals surface area contributed by atoms with Gasteiger partial charge in [0.25, 0.3) is 0 Å². The molecule has 2 aromatic heterocycles. The molecule has 0 amide bonds. The molecule has 0 aliphatic rings. The summed E-state index contributed by atoms with van der Waals surface area (Å²) in [5.74, 6) is 0.885. The second-order valence-corrected chi connectivity index (χ2v) is 4.89. The van der Waals surface area contributed by atoms with E-state index in [4.69, 9.17) is 5.73 Å². The topological polar surface area (TPSA) is 69.6 Å². The monoisotopic (exact) mass is 249 g/mol. The van der Waals surface area contributed by atoms with E-state index in [2.05, 4.69) is 15.2 Å². The summed E-state index contributed by atoms with van der Waals surface area (Å²) in [5, 5.41) is 9.81. The summed E-state index contributed by atoms with van der Waals surface area (Å²) in [5.41, 5.74) is 6.91. The van der Waals surface area contributed by atoms with Crippen LogP contribution in [0.4, 0.5) is 0 Å². The van der Waals surface area contributed by atoms with E-state index in [9.17, 15) is 0 Å². The van der Waals surface area contributed by atoms with Crippen LogP contribution < -0.4 is 5.73 Å². The molecule has 0 aromatic carbocycles. The van der Waals surface area contributed by atoms with Gasteiger partial charge in [-0.1, -0.05) is 0 Å². The van der Waals surface area contributed by atoms with Crippen molar-refractivity contribution in [1.29, 1.82) is 0 Å². The second-order valence-electron chi connectivity index (χ2n) is 3.91. The largest absolute Gasteiger partial charge is 0.324 e. The number of rotatable bonds is 3. The first-order valence-electron chi connectivity index (χ1n) is 5.33. The Kier molecular flexibility index (Phi) is 3.44. The zero-order chi connectivity index (χ0) is 12.4. The van der Waals surface area contributed by atoms with Crippen LogP contribution in [0, 0.1) is 6.92 Å². The second kappa shape index (κ2) is 4.85. The molecule has 0 unspecified atom stereocenters. The molecule has 0 saturated heterocycles. The number of aromatic nitrogens is 4. The molecular formula is C11H15N5S. The van der Waals surface area contributed by atoms with E-state index in [1.54, 1.807) is 6.20 Å². The fourth-order valence-corrected chi connectivity index (χ4v) is 2.18. The van der Waals surface area contributed by atoms with Gasteiger partial charge in [-0.3, -0.25) is 0 Å². The van der Waals surface area contributed by atoms with Gasteiger partial charge in [-0.15, -0.1) is 10.2 Å². The Morgan fingerprint density at radius 1 is 1.41 bits per heavy atom. The van der Waals surface area contributed by atoms with E-state index in [1.807, 2.05) is 37.6 Å². The highest BCUT2D eigenvalue weighted by Gasteiger charge is 2.09. The fourth-order valence-electron chi connectivity index (χ4n) is 1.33. The van der Waals surface area contributed by atoms with Crippen molar-refractivity contribution in [2.75, 3.05) is 0 Å². The van der Waals surface area contributed by atoms with Crippen molar-refractivity contribution in [1.82, 2.24) is 19.7 Å². The van der Waals surface area contributed by atoms with E-state index >= 15 is 0 Å². The van der Waals surface area contributed by atoms with Crippen molar-refractivity contribution in [2.45, 2.75) is 30.1 Å². The normalized spacial score (nSPS) is 12.7. The van der Waals surface area contributed by atoms with E-state index in [0.717, 1.165) is 21.6 Å². The van der Waals surface area contributed by atoms with Gasteiger partial charge in [-0.25, -0.2) is 4.98 Å². The van der Waals surface area contributed by atoms with E-state index in [1.165, 1.54) is 11.8 Å². The number of hydrogen-bond acceptors (Lipinski definition) is 5. The van der Waals surface area contributed by atoms with Crippen LogP contribution in [-0.4, -0.2) is 19.7 Å². The minimum absolute atomic E-state index is 0.0126. The Bertz CT molecular complexity index is 520. The maximum Gasteiger partial charge on any atom is 0.197 e. The average Bonchev–Trinajstić information content (AvgIpc) is 2.61. The summed E-state index contributed by atoms with van der Waals surface area (Å²) in [6.45, 7) is 3.87. The van der Waals surface area contributed by atoms with Crippen molar-refractivity contribution in [3.8, 4) is 0 Å². The van der Waals surface area contributed by atoms with Crippen LogP contribution in [0.5, 0.6) is 0 Å². The molecule has 0 aliphatic heterocycles. The van der Waals surface area contributed by atoms with Gasteiger partial charge in [0.15, 0.2) is 5.16 Å². The smallest absolute Gasteiger partial charge is 0.197 e. The quantitative estimate of drug-likeness (QED) is 0.896. The van der Waals surface area contributed by atoms with Crippen molar-refractivity contribution >= 4 is 11.8 Å². The van der Waals surface area contributed by atoms with Gasteiger partial charge in [0.1, 0.15) is 10.9 Å². The summed E-state index contributed by atoms with van der Waals surface area (Å²) in [4.78, 5) is 4.29. The molecule has 0 spiro atoms. The zero-order valence-electron chi connectivity index (χ0n) is 10.1. The number of nitrogens with two attached hydrogens (primary N) is 1. The molecule has 2 rings (SSSR count). The summed E-state index contributed by atoms with van der Waals surface area (Å²) in [6.07, 6.45) is 1.77. The molecule has 90 valence electrons. The molecule has 1 atom stereocenters. The number of hydrogen-bond donors (Lipinski definition) is 1. The molecule has 0 fully saturated rings. The lowest BCUT2D eigenvalue weighted by molar-refractivity contribution is 0.763. The van der Waals surface area contributed by atoms with Crippen LogP contribution in [0.25, 0.3) is 0 Å². The summed E-state index contributed by atoms with van der Waals surface area (Å²) >= 11 is 1.49. The van der Waals surface area contributed by atoms with Gasteiger partial charge in [0, 0.05) is 19.3 Å². The highest BCUT2D eigenvalue weighted by molar-refractivity contribution is 7.99. The minimum atomic E-state index is 0.0126. The molecule has 0 saturated carbocycles. The van der Waals surface area contributed by atoms with Gasteiger partial charge in [0.2, 0.25) is 0 Å². The fraction of sp³-hybridized carbons (Fsp3) is 0.364. The van der Waals surface area contributed by atoms with Gasteiger partial charge in [0.05, 0.1) is 0 Å².